The molecule has 1 spiro atoms. The molecule has 2 aromatic carbocycles. The van der Waals surface area contributed by atoms with Crippen LogP contribution < -0.4 is 10.2 Å². The Kier molecular flexibility index (Phi) is 4.79. The van der Waals surface area contributed by atoms with Crippen LogP contribution in [0.5, 0.6) is 0 Å². The molecule has 2 heterocycles. The molecule has 2 amide bonds. The van der Waals surface area contributed by atoms with Gasteiger partial charge in [-0.1, -0.05) is 35.4 Å². The number of hydrogen-bond donors (Lipinski definition) is 1. The predicted molar refractivity (Wildman–Crippen MR) is 111 cm³/mol. The Bertz CT molecular complexity index is 918. The molecule has 0 radical (unpaired) electrons. The number of anilines is 1. The minimum atomic E-state index is -0.434. The van der Waals surface area contributed by atoms with Crippen molar-refractivity contribution in [1.29, 1.82) is 0 Å². The summed E-state index contributed by atoms with van der Waals surface area (Å²) in [4.78, 5) is 29.5. The Labute approximate surface area is 170 Å². The lowest BCUT2D eigenvalue weighted by Gasteiger charge is -2.51. The summed E-state index contributed by atoms with van der Waals surface area (Å²) >= 11 is 5.92. The van der Waals surface area contributed by atoms with Gasteiger partial charge in [0.2, 0.25) is 5.91 Å². The number of likely N-dealkylation sites (tertiary alicyclic amines) is 1. The van der Waals surface area contributed by atoms with Gasteiger partial charge in [-0.25, -0.2) is 0 Å². The molecule has 2 aromatic rings. The Morgan fingerprint density at radius 1 is 1.14 bits per heavy atom. The van der Waals surface area contributed by atoms with Gasteiger partial charge in [0.1, 0.15) is 5.66 Å². The van der Waals surface area contributed by atoms with E-state index in [9.17, 15) is 9.59 Å². The number of benzene rings is 2. The minimum Gasteiger partial charge on any atom is -0.351 e. The summed E-state index contributed by atoms with van der Waals surface area (Å²) < 4.78 is 0. The molecule has 2 aliphatic heterocycles. The number of carbonyl (C=O) groups excluding carboxylic acids is 2. The number of fused-ring (bicyclic) bond motifs is 1. The Balaban J connectivity index is 1.46. The molecule has 0 aromatic heterocycles. The number of aryl methyl sites for hydroxylation is 1. The van der Waals surface area contributed by atoms with Crippen molar-refractivity contribution < 1.29 is 9.59 Å². The number of carbonyl (C=O) groups is 2. The van der Waals surface area contributed by atoms with Crippen LogP contribution in [0.4, 0.5) is 5.69 Å². The average Bonchev–Trinajstić information content (AvgIpc) is 2.68. The second-order valence-electron chi connectivity index (χ2n) is 7.75. The zero-order valence-corrected chi connectivity index (χ0v) is 16.9. The predicted octanol–water partition coefficient (Wildman–Crippen LogP) is 3.39. The van der Waals surface area contributed by atoms with Crippen molar-refractivity contribution in [2.75, 3.05) is 25.0 Å². The first-order valence-corrected chi connectivity index (χ1v) is 9.95. The van der Waals surface area contributed by atoms with E-state index in [-0.39, 0.29) is 11.8 Å². The topological polar surface area (TPSA) is 52.7 Å². The van der Waals surface area contributed by atoms with Crippen molar-refractivity contribution >= 4 is 29.1 Å². The fourth-order valence-electron chi connectivity index (χ4n) is 4.19. The van der Waals surface area contributed by atoms with Crippen molar-refractivity contribution in [1.82, 2.24) is 10.2 Å². The molecular formula is C22H24ClN3O2. The van der Waals surface area contributed by atoms with Gasteiger partial charge in [-0.3, -0.25) is 9.59 Å². The van der Waals surface area contributed by atoms with Crippen molar-refractivity contribution in [2.45, 2.75) is 31.8 Å². The molecule has 1 fully saturated rings. The van der Waals surface area contributed by atoms with Gasteiger partial charge in [-0.05, 0) is 36.8 Å². The van der Waals surface area contributed by atoms with Crippen LogP contribution >= 0.6 is 11.6 Å². The van der Waals surface area contributed by atoms with Crippen LogP contribution in [-0.2, 0) is 11.2 Å². The van der Waals surface area contributed by atoms with E-state index in [4.69, 9.17) is 11.6 Å². The SMILES string of the molecule is Cc1ccc2c(c1)C(=O)NC1(CCN(C(=O)Cc3ccc(Cl)cc3)CC1)N2C. The summed E-state index contributed by atoms with van der Waals surface area (Å²) in [5, 5.41) is 3.88. The fourth-order valence-corrected chi connectivity index (χ4v) is 4.32. The van der Waals surface area contributed by atoms with Gasteiger partial charge in [0.25, 0.3) is 5.91 Å². The highest BCUT2D eigenvalue weighted by atomic mass is 35.5. The lowest BCUT2D eigenvalue weighted by Crippen LogP contribution is -2.67. The molecule has 1 saturated heterocycles. The van der Waals surface area contributed by atoms with Gasteiger partial charge in [-0.15, -0.1) is 0 Å². The van der Waals surface area contributed by atoms with E-state index < -0.39 is 5.66 Å². The summed E-state index contributed by atoms with van der Waals surface area (Å²) in [7, 11) is 2.03. The van der Waals surface area contributed by atoms with Crippen LogP contribution in [0.15, 0.2) is 42.5 Å². The van der Waals surface area contributed by atoms with Gasteiger partial charge in [0.15, 0.2) is 0 Å². The van der Waals surface area contributed by atoms with Gasteiger partial charge >= 0.3 is 0 Å². The number of hydrogen-bond acceptors (Lipinski definition) is 3. The van der Waals surface area contributed by atoms with Gasteiger partial charge in [-0.2, -0.15) is 0 Å². The zero-order chi connectivity index (χ0) is 19.9. The van der Waals surface area contributed by atoms with Crippen LogP contribution in [0.25, 0.3) is 0 Å². The number of rotatable bonds is 2. The van der Waals surface area contributed by atoms with Crippen LogP contribution in [0.3, 0.4) is 0 Å². The second kappa shape index (κ2) is 7.13. The molecule has 5 nitrogen and oxygen atoms in total. The second-order valence-corrected chi connectivity index (χ2v) is 8.19. The number of halogens is 1. The van der Waals surface area contributed by atoms with E-state index in [1.54, 1.807) is 12.1 Å². The molecule has 0 aliphatic carbocycles. The first kappa shape index (κ1) is 18.8. The lowest BCUT2D eigenvalue weighted by atomic mass is 9.90. The Morgan fingerprint density at radius 2 is 1.82 bits per heavy atom. The van der Waals surface area contributed by atoms with Crippen LogP contribution in [0.2, 0.25) is 5.02 Å². The summed E-state index contributed by atoms with van der Waals surface area (Å²) in [6, 6.07) is 13.4. The quantitative estimate of drug-likeness (QED) is 0.845. The van der Waals surface area contributed by atoms with E-state index in [1.165, 1.54) is 0 Å². The van der Waals surface area contributed by atoms with Crippen LogP contribution in [-0.4, -0.2) is 42.5 Å². The molecule has 146 valence electrons. The highest BCUT2D eigenvalue weighted by Crippen LogP contribution is 2.36. The monoisotopic (exact) mass is 397 g/mol. The number of nitrogens with zero attached hydrogens (tertiary/aromatic N) is 2. The van der Waals surface area contributed by atoms with E-state index >= 15 is 0 Å². The number of nitrogens with one attached hydrogen (secondary N) is 1. The Morgan fingerprint density at radius 3 is 2.50 bits per heavy atom. The standard InChI is InChI=1S/C22H24ClN3O2/c1-15-3-8-19-18(13-15)21(28)24-22(25(19)2)9-11-26(12-10-22)20(27)14-16-4-6-17(23)7-5-16/h3-8,13H,9-12,14H2,1-2H3,(H,24,28). The smallest absolute Gasteiger partial charge is 0.255 e. The molecule has 0 bridgehead atoms. The zero-order valence-electron chi connectivity index (χ0n) is 16.2. The van der Waals surface area contributed by atoms with Crippen LogP contribution in [0, 0.1) is 6.92 Å². The maximum atomic E-state index is 12.7. The summed E-state index contributed by atoms with van der Waals surface area (Å²) in [6.45, 7) is 3.24. The normalized spacial score (nSPS) is 18.0. The third-order valence-electron chi connectivity index (χ3n) is 5.96. The maximum Gasteiger partial charge on any atom is 0.255 e. The Hall–Kier alpha value is -2.53. The third kappa shape index (κ3) is 3.35. The van der Waals surface area contributed by atoms with E-state index in [0.717, 1.165) is 22.4 Å². The number of amides is 2. The molecule has 0 saturated carbocycles. The third-order valence-corrected chi connectivity index (χ3v) is 6.21. The molecule has 6 heteroatoms. The maximum absolute atomic E-state index is 12.7. The molecule has 0 atom stereocenters. The van der Waals surface area contributed by atoms with Gasteiger partial charge in [0, 0.05) is 38.0 Å². The van der Waals surface area contributed by atoms with E-state index in [2.05, 4.69) is 10.2 Å². The highest BCUT2D eigenvalue weighted by molar-refractivity contribution is 6.30. The molecular weight excluding hydrogens is 374 g/mol. The van der Waals surface area contributed by atoms with Crippen LogP contribution in [0.1, 0.15) is 34.3 Å². The largest absolute Gasteiger partial charge is 0.351 e. The number of piperidine rings is 1. The van der Waals surface area contributed by atoms with Crippen molar-refractivity contribution in [3.05, 3.63) is 64.2 Å². The molecule has 28 heavy (non-hydrogen) atoms. The summed E-state index contributed by atoms with van der Waals surface area (Å²) in [5.41, 5.74) is 3.27. The van der Waals surface area contributed by atoms with Crippen molar-refractivity contribution in [3.8, 4) is 0 Å². The lowest BCUT2D eigenvalue weighted by molar-refractivity contribution is -0.132. The fraction of sp³-hybridized carbons (Fsp3) is 0.364. The molecule has 0 unspecified atom stereocenters. The molecule has 1 N–H and O–H groups in total. The molecule has 4 rings (SSSR count). The van der Waals surface area contributed by atoms with E-state index in [0.29, 0.717) is 37.4 Å². The first-order chi connectivity index (χ1) is 13.4. The van der Waals surface area contributed by atoms with Gasteiger partial charge < -0.3 is 15.1 Å². The first-order valence-electron chi connectivity index (χ1n) is 9.57. The summed E-state index contributed by atoms with van der Waals surface area (Å²) in [5.74, 6) is 0.0794. The van der Waals surface area contributed by atoms with Crippen molar-refractivity contribution in [3.63, 3.8) is 0 Å². The summed E-state index contributed by atoms with van der Waals surface area (Å²) in [6.07, 6.45) is 1.78. The van der Waals surface area contributed by atoms with Gasteiger partial charge in [0.05, 0.1) is 17.7 Å². The molecule has 2 aliphatic rings. The van der Waals surface area contributed by atoms with E-state index in [1.807, 2.05) is 49.2 Å². The highest BCUT2D eigenvalue weighted by Gasteiger charge is 2.44. The average molecular weight is 398 g/mol. The minimum absolute atomic E-state index is 0.0299. The van der Waals surface area contributed by atoms with Crippen molar-refractivity contribution in [2.24, 2.45) is 0 Å².